The lowest BCUT2D eigenvalue weighted by Gasteiger charge is -2.11. The maximum atomic E-state index is 12.6. The van der Waals surface area contributed by atoms with Crippen LogP contribution in [0.25, 0.3) is 17.1 Å². The summed E-state index contributed by atoms with van der Waals surface area (Å²) in [7, 11) is 0. The Morgan fingerprint density at radius 1 is 0.900 bits per heavy atom. The summed E-state index contributed by atoms with van der Waals surface area (Å²) in [6, 6.07) is 33.9. The molecule has 1 aromatic heterocycles. The van der Waals surface area contributed by atoms with E-state index in [0.717, 1.165) is 39.5 Å². The molecule has 0 fully saturated rings. The summed E-state index contributed by atoms with van der Waals surface area (Å²) in [5.74, 6) is 1.34. The number of carbonyl (C=O) groups is 1. The molecule has 0 aliphatic heterocycles. The van der Waals surface area contributed by atoms with Gasteiger partial charge < -0.3 is 4.74 Å². The van der Waals surface area contributed by atoms with E-state index in [-0.39, 0.29) is 11.7 Å². The van der Waals surface area contributed by atoms with Crippen molar-refractivity contribution in [2.24, 2.45) is 5.10 Å². The first-order valence-corrected chi connectivity index (χ1v) is 13.8. The second-order valence-corrected chi connectivity index (χ2v) is 10.2. The van der Waals surface area contributed by atoms with Crippen LogP contribution >= 0.6 is 11.8 Å². The summed E-state index contributed by atoms with van der Waals surface area (Å²) in [4.78, 5) is 12.6. The van der Waals surface area contributed by atoms with E-state index < -0.39 is 0 Å². The van der Waals surface area contributed by atoms with Gasteiger partial charge in [-0.2, -0.15) is 5.10 Å². The highest BCUT2D eigenvalue weighted by Gasteiger charge is 2.17. The minimum atomic E-state index is -0.243. The normalized spacial score (nSPS) is 11.1. The Kier molecular flexibility index (Phi) is 8.68. The Morgan fingerprint density at radius 2 is 1.62 bits per heavy atom. The van der Waals surface area contributed by atoms with E-state index in [0.29, 0.717) is 11.8 Å². The van der Waals surface area contributed by atoms with Gasteiger partial charge in [0, 0.05) is 11.3 Å². The van der Waals surface area contributed by atoms with Crippen molar-refractivity contribution >= 4 is 23.9 Å². The van der Waals surface area contributed by atoms with Crippen LogP contribution in [0.3, 0.4) is 0 Å². The van der Waals surface area contributed by atoms with Crippen LogP contribution in [0.4, 0.5) is 0 Å². The number of carbonyl (C=O) groups excluding carboxylic acids is 1. The molecule has 1 amide bonds. The Hall–Kier alpha value is -4.69. The van der Waals surface area contributed by atoms with E-state index in [2.05, 4.69) is 20.7 Å². The third kappa shape index (κ3) is 7.03. The lowest BCUT2D eigenvalue weighted by molar-refractivity contribution is -0.118. The molecule has 0 unspecified atom stereocenters. The van der Waals surface area contributed by atoms with Crippen LogP contribution in [0.2, 0.25) is 0 Å². The summed E-state index contributed by atoms with van der Waals surface area (Å²) < 4.78 is 7.85. The average molecular weight is 548 g/mol. The molecule has 5 aromatic rings. The summed E-state index contributed by atoms with van der Waals surface area (Å²) in [6.07, 6.45) is 1.60. The zero-order chi connectivity index (χ0) is 27.7. The largest absolute Gasteiger partial charge is 0.489 e. The van der Waals surface area contributed by atoms with Crippen molar-refractivity contribution in [2.75, 3.05) is 5.75 Å². The van der Waals surface area contributed by atoms with Gasteiger partial charge in [-0.15, -0.1) is 10.2 Å². The van der Waals surface area contributed by atoms with Crippen molar-refractivity contribution in [3.05, 3.63) is 125 Å². The van der Waals surface area contributed by atoms with Gasteiger partial charge in [-0.1, -0.05) is 102 Å². The lowest BCUT2D eigenvalue weighted by atomic mass is 10.1. The monoisotopic (exact) mass is 547 g/mol. The summed E-state index contributed by atoms with van der Waals surface area (Å²) in [5.41, 5.74) is 8.73. The molecule has 0 aliphatic rings. The molecule has 5 rings (SSSR count). The maximum absolute atomic E-state index is 12.6. The number of nitrogens with one attached hydrogen (secondary N) is 1. The first-order valence-electron chi connectivity index (χ1n) is 12.9. The molecule has 0 spiro atoms. The Morgan fingerprint density at radius 3 is 2.38 bits per heavy atom. The van der Waals surface area contributed by atoms with Gasteiger partial charge in [-0.05, 0) is 49.2 Å². The number of ether oxygens (including phenoxy) is 1. The summed E-state index contributed by atoms with van der Waals surface area (Å²) in [5, 5.41) is 13.6. The fourth-order valence-electron chi connectivity index (χ4n) is 3.95. The molecule has 8 heteroatoms. The van der Waals surface area contributed by atoms with E-state index in [1.54, 1.807) is 6.21 Å². The topological polar surface area (TPSA) is 81.4 Å². The molecule has 1 N–H and O–H groups in total. The molecule has 4 aromatic carbocycles. The molecule has 0 saturated heterocycles. The molecule has 0 bridgehead atoms. The van der Waals surface area contributed by atoms with Gasteiger partial charge in [-0.3, -0.25) is 9.36 Å². The molecule has 1 heterocycles. The zero-order valence-electron chi connectivity index (χ0n) is 22.3. The number of aryl methyl sites for hydroxylation is 2. The van der Waals surface area contributed by atoms with Crippen LogP contribution in [0.15, 0.2) is 113 Å². The number of thioether (sulfide) groups is 1. The van der Waals surface area contributed by atoms with Crippen molar-refractivity contribution in [2.45, 2.75) is 25.6 Å². The second-order valence-electron chi connectivity index (χ2n) is 9.27. The SMILES string of the molecule is Cc1ccc(-c2nnc(SCC(=O)NN=Cc3cccc(OCc4ccccc4)c3)n2-c2ccc(C)cc2)cc1. The maximum Gasteiger partial charge on any atom is 0.250 e. The highest BCUT2D eigenvalue weighted by molar-refractivity contribution is 7.99. The van der Waals surface area contributed by atoms with Crippen molar-refractivity contribution < 1.29 is 9.53 Å². The van der Waals surface area contributed by atoms with Crippen molar-refractivity contribution in [1.82, 2.24) is 20.2 Å². The van der Waals surface area contributed by atoms with E-state index in [1.807, 2.05) is 122 Å². The zero-order valence-corrected chi connectivity index (χ0v) is 23.1. The van der Waals surface area contributed by atoms with Crippen molar-refractivity contribution in [3.8, 4) is 22.8 Å². The molecular weight excluding hydrogens is 518 g/mol. The van der Waals surface area contributed by atoms with Gasteiger partial charge in [-0.25, -0.2) is 5.43 Å². The van der Waals surface area contributed by atoms with Gasteiger partial charge in [0.05, 0.1) is 12.0 Å². The van der Waals surface area contributed by atoms with Gasteiger partial charge in [0.1, 0.15) is 12.4 Å². The minimum Gasteiger partial charge on any atom is -0.489 e. The van der Waals surface area contributed by atoms with E-state index in [4.69, 9.17) is 4.74 Å². The van der Waals surface area contributed by atoms with Crippen LogP contribution in [0, 0.1) is 13.8 Å². The molecule has 0 atom stereocenters. The van der Waals surface area contributed by atoms with Gasteiger partial charge >= 0.3 is 0 Å². The minimum absolute atomic E-state index is 0.134. The van der Waals surface area contributed by atoms with Crippen LogP contribution < -0.4 is 10.2 Å². The lowest BCUT2D eigenvalue weighted by Crippen LogP contribution is -2.20. The third-order valence-corrected chi connectivity index (χ3v) is 7.01. The molecule has 0 saturated carbocycles. The number of hydrogen-bond acceptors (Lipinski definition) is 6. The number of hydrogen-bond donors (Lipinski definition) is 1. The molecular formula is C32H29N5O2S. The second kappa shape index (κ2) is 12.9. The number of nitrogens with zero attached hydrogens (tertiary/aromatic N) is 4. The van der Waals surface area contributed by atoms with Crippen LogP contribution in [0.1, 0.15) is 22.3 Å². The number of hydrazone groups is 1. The Bertz CT molecular complexity index is 1600. The first-order chi connectivity index (χ1) is 19.5. The van der Waals surface area contributed by atoms with Gasteiger partial charge in [0.2, 0.25) is 0 Å². The molecule has 200 valence electrons. The number of aromatic nitrogens is 3. The molecule has 40 heavy (non-hydrogen) atoms. The highest BCUT2D eigenvalue weighted by Crippen LogP contribution is 2.28. The summed E-state index contributed by atoms with van der Waals surface area (Å²) in [6.45, 7) is 4.58. The van der Waals surface area contributed by atoms with Crippen LogP contribution in [-0.2, 0) is 11.4 Å². The van der Waals surface area contributed by atoms with E-state index in [9.17, 15) is 4.79 Å². The van der Waals surface area contributed by atoms with E-state index in [1.165, 1.54) is 17.3 Å². The number of benzene rings is 4. The predicted molar refractivity (Wildman–Crippen MR) is 160 cm³/mol. The summed E-state index contributed by atoms with van der Waals surface area (Å²) >= 11 is 1.31. The van der Waals surface area contributed by atoms with Gasteiger partial charge in [0.15, 0.2) is 11.0 Å². The van der Waals surface area contributed by atoms with Crippen LogP contribution in [-0.4, -0.2) is 32.6 Å². The smallest absolute Gasteiger partial charge is 0.250 e. The third-order valence-electron chi connectivity index (χ3n) is 6.08. The first kappa shape index (κ1) is 26.9. The van der Waals surface area contributed by atoms with Crippen molar-refractivity contribution in [3.63, 3.8) is 0 Å². The quantitative estimate of drug-likeness (QED) is 0.125. The fourth-order valence-corrected chi connectivity index (χ4v) is 4.69. The van der Waals surface area contributed by atoms with E-state index >= 15 is 0 Å². The number of amides is 1. The molecule has 7 nitrogen and oxygen atoms in total. The highest BCUT2D eigenvalue weighted by atomic mass is 32.2. The molecule has 0 aliphatic carbocycles. The predicted octanol–water partition coefficient (Wildman–Crippen LogP) is 6.37. The average Bonchev–Trinajstić information content (AvgIpc) is 3.40. The van der Waals surface area contributed by atoms with Crippen LogP contribution in [0.5, 0.6) is 5.75 Å². The number of rotatable bonds is 10. The van der Waals surface area contributed by atoms with Crippen molar-refractivity contribution in [1.29, 1.82) is 0 Å². The van der Waals surface area contributed by atoms with Gasteiger partial charge in [0.25, 0.3) is 5.91 Å². The standard InChI is InChI=1S/C32H29N5O2S/c1-23-11-15-27(16-12-23)31-35-36-32(37(31)28-17-13-24(2)14-18-28)40-22-30(38)34-33-20-26-9-6-10-29(19-26)39-21-25-7-4-3-5-8-25/h3-20H,21-22H2,1-2H3,(H,34,38). The Labute approximate surface area is 237 Å². The fraction of sp³-hybridized carbons (Fsp3) is 0.125. The Balaban J connectivity index is 1.22. The molecule has 0 radical (unpaired) electrons.